The maximum atomic E-state index is 12.9. The first-order valence-corrected chi connectivity index (χ1v) is 13.2. The van der Waals surface area contributed by atoms with E-state index in [9.17, 15) is 4.79 Å². The van der Waals surface area contributed by atoms with Gasteiger partial charge in [0.25, 0.3) is 0 Å². The molecule has 1 saturated carbocycles. The lowest BCUT2D eigenvalue weighted by atomic mass is 10.0. The summed E-state index contributed by atoms with van der Waals surface area (Å²) in [4.78, 5) is 26.4. The predicted octanol–water partition coefficient (Wildman–Crippen LogP) is 5.35. The van der Waals surface area contributed by atoms with E-state index in [2.05, 4.69) is 56.4 Å². The van der Waals surface area contributed by atoms with Crippen LogP contribution in [0.1, 0.15) is 43.1 Å². The zero-order valence-electron chi connectivity index (χ0n) is 20.9. The van der Waals surface area contributed by atoms with Gasteiger partial charge in [-0.25, -0.2) is 4.98 Å². The van der Waals surface area contributed by atoms with Crippen LogP contribution in [0, 0.1) is 0 Å². The highest BCUT2D eigenvalue weighted by Gasteiger charge is 2.24. The summed E-state index contributed by atoms with van der Waals surface area (Å²) in [7, 11) is 0. The van der Waals surface area contributed by atoms with Crippen LogP contribution in [0.25, 0.3) is 22.5 Å². The topological polar surface area (TPSA) is 75.4 Å². The van der Waals surface area contributed by atoms with Gasteiger partial charge in [0.05, 0.1) is 6.42 Å². The summed E-state index contributed by atoms with van der Waals surface area (Å²) in [5.41, 5.74) is 4.26. The summed E-state index contributed by atoms with van der Waals surface area (Å²) in [5, 5.41) is 4.17. The number of carbonyl (C=O) groups is 1. The quantitative estimate of drug-likeness (QED) is 0.361. The molecule has 2 fully saturated rings. The SMILES string of the molecule is O=C(Cc1ccc(-c2ccccc2)cc1)N1CCN(c2ccc(-c3noc(C4CCCC4)n3)cn2)CC1. The third kappa shape index (κ3) is 5.26. The minimum absolute atomic E-state index is 0.172. The van der Waals surface area contributed by atoms with Crippen LogP contribution in [0.4, 0.5) is 5.82 Å². The average Bonchev–Trinajstić information content (AvgIpc) is 3.67. The Morgan fingerprint density at radius 3 is 2.24 bits per heavy atom. The van der Waals surface area contributed by atoms with Crippen molar-refractivity contribution in [2.24, 2.45) is 0 Å². The van der Waals surface area contributed by atoms with Gasteiger partial charge < -0.3 is 14.3 Å². The highest BCUT2D eigenvalue weighted by Crippen LogP contribution is 2.34. The molecule has 6 rings (SSSR count). The van der Waals surface area contributed by atoms with Gasteiger partial charge in [-0.05, 0) is 41.7 Å². The Hall–Kier alpha value is -4.00. The van der Waals surface area contributed by atoms with Crippen LogP contribution >= 0.6 is 0 Å². The number of amides is 1. The fourth-order valence-corrected chi connectivity index (χ4v) is 5.31. The number of hydrogen-bond donors (Lipinski definition) is 0. The number of benzene rings is 2. The standard InChI is InChI=1S/C30H31N5O2/c36-28(20-22-10-12-24(13-11-22)23-6-2-1-3-7-23)35-18-16-34(17-19-35)27-15-14-26(21-31-27)29-32-30(37-33-29)25-8-4-5-9-25/h1-3,6-7,10-15,21,25H,4-5,8-9,16-20H2. The molecule has 7 heteroatoms. The first kappa shape index (κ1) is 23.4. The van der Waals surface area contributed by atoms with E-state index in [1.165, 1.54) is 18.4 Å². The molecule has 4 aromatic rings. The van der Waals surface area contributed by atoms with Gasteiger partial charge in [0.15, 0.2) is 0 Å². The van der Waals surface area contributed by atoms with Gasteiger partial charge in [-0.2, -0.15) is 4.98 Å². The third-order valence-electron chi connectivity index (χ3n) is 7.52. The van der Waals surface area contributed by atoms with E-state index in [0.717, 1.165) is 54.3 Å². The van der Waals surface area contributed by atoms with Crippen molar-refractivity contribution in [2.75, 3.05) is 31.1 Å². The molecule has 188 valence electrons. The van der Waals surface area contributed by atoms with E-state index in [-0.39, 0.29) is 5.91 Å². The Labute approximate surface area is 217 Å². The second-order valence-electron chi connectivity index (χ2n) is 9.95. The summed E-state index contributed by atoms with van der Waals surface area (Å²) >= 11 is 0. The Kier molecular flexibility index (Phi) is 6.67. The van der Waals surface area contributed by atoms with Gasteiger partial charge in [0.1, 0.15) is 5.82 Å². The lowest BCUT2D eigenvalue weighted by molar-refractivity contribution is -0.130. The second-order valence-corrected chi connectivity index (χ2v) is 9.95. The predicted molar refractivity (Wildman–Crippen MR) is 143 cm³/mol. The first-order chi connectivity index (χ1) is 18.2. The van der Waals surface area contributed by atoms with Gasteiger partial charge in [-0.3, -0.25) is 4.79 Å². The molecule has 1 aliphatic carbocycles. The van der Waals surface area contributed by atoms with Crippen molar-refractivity contribution in [1.82, 2.24) is 20.0 Å². The van der Waals surface area contributed by atoms with Crippen molar-refractivity contribution in [3.8, 4) is 22.5 Å². The zero-order chi connectivity index (χ0) is 25.0. The lowest BCUT2D eigenvalue weighted by Crippen LogP contribution is -2.49. The van der Waals surface area contributed by atoms with Crippen molar-refractivity contribution in [2.45, 2.75) is 38.0 Å². The minimum Gasteiger partial charge on any atom is -0.353 e. The number of carbonyl (C=O) groups excluding carboxylic acids is 1. The number of hydrogen-bond acceptors (Lipinski definition) is 6. The fraction of sp³-hybridized carbons (Fsp3) is 0.333. The summed E-state index contributed by atoms with van der Waals surface area (Å²) in [6, 6.07) is 22.6. The van der Waals surface area contributed by atoms with Gasteiger partial charge in [0.2, 0.25) is 17.6 Å². The van der Waals surface area contributed by atoms with Crippen molar-refractivity contribution in [3.05, 3.63) is 84.4 Å². The van der Waals surface area contributed by atoms with Crippen LogP contribution in [-0.4, -0.2) is 52.1 Å². The van der Waals surface area contributed by atoms with E-state index >= 15 is 0 Å². The second kappa shape index (κ2) is 10.5. The van der Waals surface area contributed by atoms with Gasteiger partial charge in [-0.15, -0.1) is 0 Å². The van der Waals surface area contributed by atoms with Crippen LogP contribution < -0.4 is 4.90 Å². The van der Waals surface area contributed by atoms with E-state index in [0.29, 0.717) is 31.3 Å². The maximum absolute atomic E-state index is 12.9. The van der Waals surface area contributed by atoms with Crippen molar-refractivity contribution in [1.29, 1.82) is 0 Å². The number of anilines is 1. The van der Waals surface area contributed by atoms with Crippen LogP contribution in [0.5, 0.6) is 0 Å². The molecular weight excluding hydrogens is 462 g/mol. The molecule has 0 atom stereocenters. The molecule has 0 spiro atoms. The largest absolute Gasteiger partial charge is 0.353 e. The molecule has 0 unspecified atom stereocenters. The summed E-state index contributed by atoms with van der Waals surface area (Å²) in [6.07, 6.45) is 6.98. The zero-order valence-corrected chi connectivity index (χ0v) is 20.9. The molecule has 0 bridgehead atoms. The fourth-order valence-electron chi connectivity index (χ4n) is 5.31. The van der Waals surface area contributed by atoms with Crippen molar-refractivity contribution in [3.63, 3.8) is 0 Å². The smallest absolute Gasteiger partial charge is 0.230 e. The van der Waals surface area contributed by atoms with Crippen LogP contribution in [0.15, 0.2) is 77.4 Å². The highest BCUT2D eigenvalue weighted by molar-refractivity contribution is 5.79. The molecule has 37 heavy (non-hydrogen) atoms. The molecule has 2 aromatic carbocycles. The van der Waals surface area contributed by atoms with E-state index in [4.69, 9.17) is 4.52 Å². The molecule has 1 saturated heterocycles. The molecule has 2 aromatic heterocycles. The van der Waals surface area contributed by atoms with Crippen molar-refractivity contribution >= 4 is 11.7 Å². The molecule has 1 aliphatic heterocycles. The Bertz CT molecular complexity index is 1320. The minimum atomic E-state index is 0.172. The Morgan fingerprint density at radius 2 is 1.54 bits per heavy atom. The Morgan fingerprint density at radius 1 is 0.838 bits per heavy atom. The molecule has 0 radical (unpaired) electrons. The summed E-state index contributed by atoms with van der Waals surface area (Å²) in [6.45, 7) is 2.91. The third-order valence-corrected chi connectivity index (χ3v) is 7.52. The molecule has 0 N–H and O–H groups in total. The number of rotatable bonds is 6. The monoisotopic (exact) mass is 493 g/mol. The number of piperazine rings is 1. The van der Waals surface area contributed by atoms with E-state index < -0.39 is 0 Å². The van der Waals surface area contributed by atoms with Crippen molar-refractivity contribution < 1.29 is 9.32 Å². The van der Waals surface area contributed by atoms with Crippen LogP contribution in [0.3, 0.4) is 0 Å². The number of pyridine rings is 1. The maximum Gasteiger partial charge on any atom is 0.230 e. The summed E-state index contributed by atoms with van der Waals surface area (Å²) < 4.78 is 5.52. The molecule has 2 aliphatic rings. The van der Waals surface area contributed by atoms with E-state index in [1.807, 2.05) is 41.4 Å². The number of aromatic nitrogens is 3. The number of nitrogens with zero attached hydrogens (tertiary/aromatic N) is 5. The molecule has 1 amide bonds. The van der Waals surface area contributed by atoms with Crippen LogP contribution in [0.2, 0.25) is 0 Å². The van der Waals surface area contributed by atoms with E-state index in [1.54, 1.807) is 0 Å². The van der Waals surface area contributed by atoms with Gasteiger partial charge in [0, 0.05) is 43.9 Å². The highest BCUT2D eigenvalue weighted by atomic mass is 16.5. The van der Waals surface area contributed by atoms with Gasteiger partial charge >= 0.3 is 0 Å². The normalized spacial score (nSPS) is 16.3. The molecule has 3 heterocycles. The summed E-state index contributed by atoms with van der Waals surface area (Å²) in [5.74, 6) is 2.84. The molecular formula is C30H31N5O2. The van der Waals surface area contributed by atoms with Crippen LogP contribution in [-0.2, 0) is 11.2 Å². The average molecular weight is 494 g/mol. The Balaban J connectivity index is 1.02. The first-order valence-electron chi connectivity index (χ1n) is 13.2. The molecule has 7 nitrogen and oxygen atoms in total. The lowest BCUT2D eigenvalue weighted by Gasteiger charge is -2.35. The van der Waals surface area contributed by atoms with Gasteiger partial charge in [-0.1, -0.05) is 72.6 Å².